The van der Waals surface area contributed by atoms with Crippen LogP contribution in [0.15, 0.2) is 47.1 Å². The van der Waals surface area contributed by atoms with Gasteiger partial charge in [0.05, 0.1) is 18.7 Å². The van der Waals surface area contributed by atoms with E-state index in [1.54, 1.807) is 18.4 Å². The molecule has 1 N–H and O–H groups in total. The third kappa shape index (κ3) is 4.25. The number of furan rings is 1. The van der Waals surface area contributed by atoms with Gasteiger partial charge in [-0.05, 0) is 42.5 Å². The topological polar surface area (TPSA) is 68.5 Å². The molecule has 0 saturated carbocycles. The number of aryl methyl sites for hydroxylation is 2. The van der Waals surface area contributed by atoms with E-state index in [-0.39, 0.29) is 25.0 Å². The van der Waals surface area contributed by atoms with Gasteiger partial charge in [0.25, 0.3) is 5.91 Å². The van der Waals surface area contributed by atoms with Crippen molar-refractivity contribution in [2.75, 3.05) is 6.61 Å². The summed E-state index contributed by atoms with van der Waals surface area (Å²) in [6, 6.07) is 11.7. The second kappa shape index (κ2) is 7.81. The molecule has 1 aliphatic rings. The Kier molecular flexibility index (Phi) is 5.31. The van der Waals surface area contributed by atoms with Crippen molar-refractivity contribution in [3.63, 3.8) is 0 Å². The van der Waals surface area contributed by atoms with E-state index in [9.17, 15) is 9.59 Å². The first-order valence-electron chi connectivity index (χ1n) is 8.27. The number of carbonyl (C=O) groups is 2. The van der Waals surface area contributed by atoms with E-state index in [1.165, 1.54) is 11.1 Å². The standard InChI is InChI=1S/C19H21NO4/c21-18(13-24-19(22)11-10-15-7-4-12-23-15)20-17-9-3-6-14-5-1-2-8-16(14)17/h1-2,4-5,7-8,12,17H,3,6,9-11,13H2,(H,20,21)/t17-/m1/s1. The van der Waals surface area contributed by atoms with Crippen molar-refractivity contribution < 1.29 is 18.7 Å². The van der Waals surface area contributed by atoms with E-state index < -0.39 is 5.97 Å². The van der Waals surface area contributed by atoms with Gasteiger partial charge in [0.1, 0.15) is 5.76 Å². The quantitative estimate of drug-likeness (QED) is 0.828. The molecule has 1 heterocycles. The van der Waals surface area contributed by atoms with Gasteiger partial charge in [-0.2, -0.15) is 0 Å². The summed E-state index contributed by atoms with van der Waals surface area (Å²) in [6.07, 6.45) is 5.25. The average Bonchev–Trinajstić information content (AvgIpc) is 3.12. The zero-order valence-corrected chi connectivity index (χ0v) is 13.5. The van der Waals surface area contributed by atoms with Crippen molar-refractivity contribution >= 4 is 11.9 Å². The molecule has 0 fully saturated rings. The van der Waals surface area contributed by atoms with Gasteiger partial charge in [-0.15, -0.1) is 0 Å². The summed E-state index contributed by atoms with van der Waals surface area (Å²) in [5.41, 5.74) is 2.45. The number of esters is 1. The number of hydrogen-bond donors (Lipinski definition) is 1. The number of nitrogens with one attached hydrogen (secondary N) is 1. The molecule has 3 rings (SSSR count). The van der Waals surface area contributed by atoms with Crippen LogP contribution in [0.3, 0.4) is 0 Å². The van der Waals surface area contributed by atoms with Crippen molar-refractivity contribution in [2.45, 2.75) is 38.1 Å². The van der Waals surface area contributed by atoms with E-state index in [4.69, 9.17) is 9.15 Å². The van der Waals surface area contributed by atoms with Gasteiger partial charge in [0.15, 0.2) is 6.61 Å². The maximum absolute atomic E-state index is 12.1. The lowest BCUT2D eigenvalue weighted by Gasteiger charge is -2.26. The fraction of sp³-hybridized carbons (Fsp3) is 0.368. The third-order valence-corrected chi connectivity index (χ3v) is 4.22. The van der Waals surface area contributed by atoms with E-state index in [2.05, 4.69) is 17.4 Å². The van der Waals surface area contributed by atoms with Crippen LogP contribution in [0.4, 0.5) is 0 Å². The van der Waals surface area contributed by atoms with Gasteiger partial charge in [0.2, 0.25) is 0 Å². The summed E-state index contributed by atoms with van der Waals surface area (Å²) < 4.78 is 10.2. The zero-order chi connectivity index (χ0) is 16.8. The number of benzene rings is 1. The Hall–Kier alpha value is -2.56. The van der Waals surface area contributed by atoms with Crippen LogP contribution < -0.4 is 5.32 Å². The molecule has 0 bridgehead atoms. The number of ether oxygens (including phenoxy) is 1. The van der Waals surface area contributed by atoms with Crippen LogP contribution in [0.25, 0.3) is 0 Å². The Morgan fingerprint density at radius 3 is 2.92 bits per heavy atom. The number of fused-ring (bicyclic) bond motifs is 1. The van der Waals surface area contributed by atoms with Gasteiger partial charge in [-0.25, -0.2) is 0 Å². The number of rotatable bonds is 6. The number of amides is 1. The zero-order valence-electron chi connectivity index (χ0n) is 13.5. The van der Waals surface area contributed by atoms with Crippen LogP contribution in [0, 0.1) is 0 Å². The summed E-state index contributed by atoms with van der Waals surface area (Å²) in [5, 5.41) is 2.97. The van der Waals surface area contributed by atoms with E-state index in [0.29, 0.717) is 6.42 Å². The summed E-state index contributed by atoms with van der Waals surface area (Å²) in [4.78, 5) is 23.7. The molecule has 1 amide bonds. The molecule has 24 heavy (non-hydrogen) atoms. The second-order valence-corrected chi connectivity index (χ2v) is 5.95. The monoisotopic (exact) mass is 327 g/mol. The Balaban J connectivity index is 1.44. The lowest BCUT2D eigenvalue weighted by atomic mass is 9.88. The highest BCUT2D eigenvalue weighted by Gasteiger charge is 2.21. The molecule has 0 unspecified atom stereocenters. The smallest absolute Gasteiger partial charge is 0.306 e. The first-order valence-corrected chi connectivity index (χ1v) is 8.27. The van der Waals surface area contributed by atoms with E-state index in [1.807, 2.05) is 12.1 Å². The molecule has 1 aromatic heterocycles. The Labute approximate surface area is 141 Å². The van der Waals surface area contributed by atoms with Crippen molar-refractivity contribution in [2.24, 2.45) is 0 Å². The normalized spacial score (nSPS) is 16.2. The van der Waals surface area contributed by atoms with E-state index in [0.717, 1.165) is 25.0 Å². The SMILES string of the molecule is O=C(COC(=O)CCc1ccco1)N[C@@H]1CCCc2ccccc21. The summed E-state index contributed by atoms with van der Waals surface area (Å²) in [7, 11) is 0. The minimum Gasteiger partial charge on any atom is -0.469 e. The van der Waals surface area contributed by atoms with Crippen molar-refractivity contribution in [1.29, 1.82) is 0 Å². The Bertz CT molecular complexity index is 693. The first kappa shape index (κ1) is 16.3. The minimum absolute atomic E-state index is 0.00395. The highest BCUT2D eigenvalue weighted by Crippen LogP contribution is 2.29. The molecule has 0 radical (unpaired) electrons. The average molecular weight is 327 g/mol. The van der Waals surface area contributed by atoms with Crippen LogP contribution in [0.1, 0.15) is 42.2 Å². The lowest BCUT2D eigenvalue weighted by Crippen LogP contribution is -2.34. The fourth-order valence-corrected chi connectivity index (χ4v) is 3.04. The van der Waals surface area contributed by atoms with Crippen molar-refractivity contribution in [1.82, 2.24) is 5.32 Å². The predicted molar refractivity (Wildman–Crippen MR) is 88.3 cm³/mol. The maximum atomic E-state index is 12.1. The summed E-state index contributed by atoms with van der Waals surface area (Å²) in [6.45, 7) is -0.240. The molecule has 1 aliphatic carbocycles. The van der Waals surface area contributed by atoms with Crippen LogP contribution >= 0.6 is 0 Å². The molecule has 5 nitrogen and oxygen atoms in total. The van der Waals surface area contributed by atoms with Crippen LogP contribution in [-0.4, -0.2) is 18.5 Å². The predicted octanol–water partition coefficient (Wildman–Crippen LogP) is 2.95. The largest absolute Gasteiger partial charge is 0.469 e. The van der Waals surface area contributed by atoms with Gasteiger partial charge in [0, 0.05) is 6.42 Å². The van der Waals surface area contributed by atoms with Gasteiger partial charge < -0.3 is 14.5 Å². The Morgan fingerprint density at radius 1 is 1.21 bits per heavy atom. The molecular formula is C19H21NO4. The number of hydrogen-bond acceptors (Lipinski definition) is 4. The lowest BCUT2D eigenvalue weighted by molar-refractivity contribution is -0.148. The van der Waals surface area contributed by atoms with Crippen LogP contribution in [0.2, 0.25) is 0 Å². The molecule has 126 valence electrons. The molecule has 0 saturated heterocycles. The molecule has 2 aromatic rings. The molecule has 1 atom stereocenters. The van der Waals surface area contributed by atoms with Gasteiger partial charge in [-0.3, -0.25) is 9.59 Å². The fourth-order valence-electron chi connectivity index (χ4n) is 3.04. The second-order valence-electron chi connectivity index (χ2n) is 5.95. The maximum Gasteiger partial charge on any atom is 0.306 e. The first-order chi connectivity index (χ1) is 11.7. The molecule has 1 aromatic carbocycles. The van der Waals surface area contributed by atoms with Crippen molar-refractivity contribution in [3.8, 4) is 0 Å². The molecule has 0 aliphatic heterocycles. The highest BCUT2D eigenvalue weighted by atomic mass is 16.5. The molecule has 0 spiro atoms. The molecular weight excluding hydrogens is 306 g/mol. The summed E-state index contributed by atoms with van der Waals surface area (Å²) >= 11 is 0. The molecule has 5 heteroatoms. The third-order valence-electron chi connectivity index (χ3n) is 4.22. The Morgan fingerprint density at radius 2 is 2.08 bits per heavy atom. The van der Waals surface area contributed by atoms with Crippen LogP contribution in [0.5, 0.6) is 0 Å². The number of carbonyl (C=O) groups excluding carboxylic acids is 2. The van der Waals surface area contributed by atoms with Crippen LogP contribution in [-0.2, 0) is 27.2 Å². The summed E-state index contributed by atoms with van der Waals surface area (Å²) in [5.74, 6) is 0.0730. The van der Waals surface area contributed by atoms with Crippen molar-refractivity contribution in [3.05, 3.63) is 59.5 Å². The van der Waals surface area contributed by atoms with E-state index >= 15 is 0 Å². The minimum atomic E-state index is -0.398. The van der Waals surface area contributed by atoms with Gasteiger partial charge in [-0.1, -0.05) is 24.3 Å². The van der Waals surface area contributed by atoms with Gasteiger partial charge >= 0.3 is 5.97 Å². The highest BCUT2D eigenvalue weighted by molar-refractivity contribution is 5.81.